The largest absolute Gasteiger partial charge is 0.480 e. The monoisotopic (exact) mass is 271 g/mol. The van der Waals surface area contributed by atoms with Gasteiger partial charge in [0.15, 0.2) is 0 Å². The summed E-state index contributed by atoms with van der Waals surface area (Å²) in [6.45, 7) is 8.22. The van der Waals surface area contributed by atoms with Crippen molar-refractivity contribution in [3.05, 3.63) is 0 Å². The fourth-order valence-electron chi connectivity index (χ4n) is 3.32. The molecule has 1 fully saturated rings. The van der Waals surface area contributed by atoms with Gasteiger partial charge in [0.25, 0.3) is 0 Å². The Balaban J connectivity index is 2.77. The van der Waals surface area contributed by atoms with E-state index in [0.717, 1.165) is 6.42 Å². The van der Waals surface area contributed by atoms with Crippen LogP contribution in [-0.4, -0.2) is 48.8 Å². The van der Waals surface area contributed by atoms with Crippen molar-refractivity contribution in [1.82, 2.24) is 4.90 Å². The van der Waals surface area contributed by atoms with E-state index in [1.54, 1.807) is 7.11 Å². The van der Waals surface area contributed by atoms with Crippen LogP contribution in [0.5, 0.6) is 0 Å². The first-order valence-electron chi connectivity index (χ1n) is 7.40. The van der Waals surface area contributed by atoms with Crippen LogP contribution in [0, 0.1) is 17.8 Å². The summed E-state index contributed by atoms with van der Waals surface area (Å²) in [7, 11) is 1.67. The zero-order chi connectivity index (χ0) is 14.4. The molecule has 1 aliphatic carbocycles. The van der Waals surface area contributed by atoms with Crippen LogP contribution in [-0.2, 0) is 9.53 Å². The van der Waals surface area contributed by atoms with E-state index in [1.165, 1.54) is 12.8 Å². The van der Waals surface area contributed by atoms with E-state index in [4.69, 9.17) is 9.84 Å². The van der Waals surface area contributed by atoms with E-state index in [1.807, 2.05) is 0 Å². The number of carbonyl (C=O) groups is 1. The molecule has 0 amide bonds. The predicted molar refractivity (Wildman–Crippen MR) is 76.2 cm³/mol. The number of hydrogen-bond donors (Lipinski definition) is 1. The number of nitrogens with zero attached hydrogens (tertiary/aromatic N) is 1. The zero-order valence-electron chi connectivity index (χ0n) is 12.8. The lowest BCUT2D eigenvalue weighted by Gasteiger charge is -2.43. The third-order valence-corrected chi connectivity index (χ3v) is 4.38. The molecule has 0 spiro atoms. The van der Waals surface area contributed by atoms with Crippen LogP contribution in [0.25, 0.3) is 0 Å². The second-order valence-corrected chi connectivity index (χ2v) is 6.25. The molecular formula is C15H29NO3. The minimum absolute atomic E-state index is 0.129. The fraction of sp³-hybridized carbons (Fsp3) is 0.933. The van der Waals surface area contributed by atoms with Crippen molar-refractivity contribution in [3.8, 4) is 0 Å². The molecule has 0 saturated heterocycles. The summed E-state index contributed by atoms with van der Waals surface area (Å²) in [6.07, 6.45) is 3.59. The standard InChI is InChI=1S/C15H29NO3/c1-11(2)13-6-5-12(3)9-14(13)16(7-8-19-4)10-15(17)18/h11-14H,5-10H2,1-4H3,(H,17,18). The Labute approximate surface area is 117 Å². The first-order valence-corrected chi connectivity index (χ1v) is 7.40. The number of carboxylic acid groups (broad SMARTS) is 1. The summed E-state index contributed by atoms with van der Waals surface area (Å²) in [5, 5.41) is 9.12. The summed E-state index contributed by atoms with van der Waals surface area (Å²) < 4.78 is 5.13. The molecule has 3 atom stereocenters. The van der Waals surface area contributed by atoms with Gasteiger partial charge in [0.2, 0.25) is 0 Å². The molecule has 0 aromatic rings. The van der Waals surface area contributed by atoms with E-state index in [0.29, 0.717) is 36.9 Å². The van der Waals surface area contributed by atoms with Crippen LogP contribution >= 0.6 is 0 Å². The van der Waals surface area contributed by atoms with Gasteiger partial charge in [-0.05, 0) is 30.6 Å². The second-order valence-electron chi connectivity index (χ2n) is 6.25. The highest BCUT2D eigenvalue weighted by Crippen LogP contribution is 2.36. The lowest BCUT2D eigenvalue weighted by molar-refractivity contribution is -0.140. The highest BCUT2D eigenvalue weighted by molar-refractivity contribution is 5.69. The number of aliphatic carboxylic acids is 1. The summed E-state index contributed by atoms with van der Waals surface area (Å²) >= 11 is 0. The number of ether oxygens (including phenoxy) is 1. The maximum atomic E-state index is 11.1. The van der Waals surface area contributed by atoms with E-state index in [-0.39, 0.29) is 6.54 Å². The van der Waals surface area contributed by atoms with Gasteiger partial charge in [-0.2, -0.15) is 0 Å². The molecule has 3 unspecified atom stereocenters. The Kier molecular flexibility index (Phi) is 6.80. The fourth-order valence-corrected chi connectivity index (χ4v) is 3.32. The minimum Gasteiger partial charge on any atom is -0.480 e. The van der Waals surface area contributed by atoms with Crippen LogP contribution in [0.3, 0.4) is 0 Å². The summed E-state index contributed by atoms with van der Waals surface area (Å²) in [5.41, 5.74) is 0. The smallest absolute Gasteiger partial charge is 0.317 e. The van der Waals surface area contributed by atoms with Gasteiger partial charge in [-0.25, -0.2) is 0 Å². The normalized spacial score (nSPS) is 28.0. The molecule has 0 aromatic heterocycles. The van der Waals surface area contributed by atoms with Gasteiger partial charge in [-0.1, -0.05) is 27.2 Å². The van der Waals surface area contributed by atoms with Crippen molar-refractivity contribution >= 4 is 5.97 Å². The van der Waals surface area contributed by atoms with Crippen LogP contribution in [0.15, 0.2) is 0 Å². The van der Waals surface area contributed by atoms with E-state index in [2.05, 4.69) is 25.7 Å². The molecule has 0 aliphatic heterocycles. The Bertz CT molecular complexity index is 281. The molecule has 1 N–H and O–H groups in total. The Morgan fingerprint density at radius 3 is 2.63 bits per heavy atom. The molecule has 4 nitrogen and oxygen atoms in total. The topological polar surface area (TPSA) is 49.8 Å². The number of rotatable bonds is 7. The minimum atomic E-state index is -0.739. The second kappa shape index (κ2) is 7.85. The highest BCUT2D eigenvalue weighted by Gasteiger charge is 2.35. The van der Waals surface area contributed by atoms with Crippen molar-refractivity contribution in [2.45, 2.75) is 46.1 Å². The van der Waals surface area contributed by atoms with Gasteiger partial charge in [-0.3, -0.25) is 9.69 Å². The maximum Gasteiger partial charge on any atom is 0.317 e. The molecule has 0 heterocycles. The molecule has 4 heteroatoms. The SMILES string of the molecule is COCCN(CC(=O)O)C1CC(C)CCC1C(C)C. The molecule has 0 aromatic carbocycles. The lowest BCUT2D eigenvalue weighted by Crippen LogP contribution is -2.49. The van der Waals surface area contributed by atoms with Crippen molar-refractivity contribution in [3.63, 3.8) is 0 Å². The predicted octanol–water partition coefficient (Wildman–Crippen LogP) is 2.48. The average Bonchev–Trinajstić information content (AvgIpc) is 2.33. The molecule has 112 valence electrons. The van der Waals surface area contributed by atoms with E-state index in [9.17, 15) is 4.79 Å². The molecule has 19 heavy (non-hydrogen) atoms. The van der Waals surface area contributed by atoms with E-state index >= 15 is 0 Å². The van der Waals surface area contributed by atoms with Crippen molar-refractivity contribution in [1.29, 1.82) is 0 Å². The van der Waals surface area contributed by atoms with Gasteiger partial charge < -0.3 is 9.84 Å². The molecule has 1 rings (SSSR count). The van der Waals surface area contributed by atoms with Crippen molar-refractivity contribution in [2.75, 3.05) is 26.8 Å². The van der Waals surface area contributed by atoms with Gasteiger partial charge >= 0.3 is 5.97 Å². The van der Waals surface area contributed by atoms with E-state index < -0.39 is 5.97 Å². The molecule has 0 bridgehead atoms. The molecule has 1 saturated carbocycles. The average molecular weight is 271 g/mol. The van der Waals surface area contributed by atoms with Gasteiger partial charge in [0, 0.05) is 19.7 Å². The van der Waals surface area contributed by atoms with Crippen molar-refractivity contribution < 1.29 is 14.6 Å². The number of hydrogen-bond acceptors (Lipinski definition) is 3. The Hall–Kier alpha value is -0.610. The Morgan fingerprint density at radius 2 is 2.11 bits per heavy atom. The quantitative estimate of drug-likeness (QED) is 0.773. The molecular weight excluding hydrogens is 242 g/mol. The summed E-state index contributed by atoms with van der Waals surface area (Å²) in [6, 6.07) is 0.384. The Morgan fingerprint density at radius 1 is 1.42 bits per heavy atom. The third-order valence-electron chi connectivity index (χ3n) is 4.38. The zero-order valence-corrected chi connectivity index (χ0v) is 12.8. The number of carboxylic acids is 1. The maximum absolute atomic E-state index is 11.1. The van der Waals surface area contributed by atoms with Crippen LogP contribution in [0.2, 0.25) is 0 Å². The number of methoxy groups -OCH3 is 1. The van der Waals surface area contributed by atoms with Crippen LogP contribution in [0.4, 0.5) is 0 Å². The molecule has 0 radical (unpaired) electrons. The van der Waals surface area contributed by atoms with Crippen LogP contribution in [0.1, 0.15) is 40.0 Å². The first kappa shape index (κ1) is 16.4. The van der Waals surface area contributed by atoms with Crippen LogP contribution < -0.4 is 0 Å². The lowest BCUT2D eigenvalue weighted by atomic mass is 9.73. The van der Waals surface area contributed by atoms with Gasteiger partial charge in [-0.15, -0.1) is 0 Å². The van der Waals surface area contributed by atoms with Crippen molar-refractivity contribution in [2.24, 2.45) is 17.8 Å². The third kappa shape index (κ3) is 5.11. The highest BCUT2D eigenvalue weighted by atomic mass is 16.5. The van der Waals surface area contributed by atoms with Gasteiger partial charge in [0.05, 0.1) is 13.2 Å². The first-order chi connectivity index (χ1) is 8.95. The summed E-state index contributed by atoms with van der Waals surface area (Å²) in [5.74, 6) is 1.17. The van der Waals surface area contributed by atoms with Gasteiger partial charge in [0.1, 0.15) is 0 Å². The summed E-state index contributed by atoms with van der Waals surface area (Å²) in [4.78, 5) is 13.2. The molecule has 1 aliphatic rings.